The van der Waals surface area contributed by atoms with Crippen molar-refractivity contribution in [3.05, 3.63) is 12.2 Å². The van der Waals surface area contributed by atoms with Crippen molar-refractivity contribution in [2.24, 2.45) is 0 Å². The molecule has 0 fully saturated rings. The molecular weight excluding hydrogens is 126 g/mol. The lowest BCUT2D eigenvalue weighted by Crippen LogP contribution is -2.35. The molecule has 0 aromatic heterocycles. The lowest BCUT2D eigenvalue weighted by Gasteiger charge is -2.14. The maximum absolute atomic E-state index is 9.03. The number of aliphatic hydroxyl groups excluding tert-OH is 1. The molecule has 10 heavy (non-hydrogen) atoms. The molecule has 2 unspecified atom stereocenters. The van der Waals surface area contributed by atoms with Gasteiger partial charge in [-0.05, 0) is 20.8 Å². The molecule has 0 saturated carbocycles. The second-order valence-corrected chi connectivity index (χ2v) is 2.51. The van der Waals surface area contributed by atoms with E-state index in [1.165, 1.54) is 0 Å². The van der Waals surface area contributed by atoms with Crippen molar-refractivity contribution in [1.82, 2.24) is 5.32 Å². The van der Waals surface area contributed by atoms with Crippen LogP contribution in [0.2, 0.25) is 0 Å². The van der Waals surface area contributed by atoms with Gasteiger partial charge in [-0.2, -0.15) is 0 Å². The molecule has 0 radical (unpaired) electrons. The van der Waals surface area contributed by atoms with Crippen LogP contribution >= 0.6 is 0 Å². The van der Waals surface area contributed by atoms with Gasteiger partial charge < -0.3 is 10.4 Å². The zero-order chi connectivity index (χ0) is 7.98. The highest BCUT2D eigenvalue weighted by Gasteiger charge is 2.04. The molecule has 60 valence electrons. The first-order valence-electron chi connectivity index (χ1n) is 3.71. The van der Waals surface area contributed by atoms with E-state index in [2.05, 4.69) is 5.32 Å². The molecular formula is C8H17NO. The van der Waals surface area contributed by atoms with Gasteiger partial charge in [0.05, 0.1) is 6.10 Å². The van der Waals surface area contributed by atoms with Crippen LogP contribution < -0.4 is 5.32 Å². The fourth-order valence-electron chi connectivity index (χ4n) is 0.542. The SMILES string of the molecule is C/C=C/CNC(C)C(C)O. The Hall–Kier alpha value is -0.340. The fraction of sp³-hybridized carbons (Fsp3) is 0.750. The van der Waals surface area contributed by atoms with E-state index in [1.807, 2.05) is 26.0 Å². The molecule has 0 aliphatic carbocycles. The lowest BCUT2D eigenvalue weighted by molar-refractivity contribution is 0.155. The van der Waals surface area contributed by atoms with E-state index in [0.29, 0.717) is 0 Å². The van der Waals surface area contributed by atoms with Gasteiger partial charge in [-0.15, -0.1) is 0 Å². The first kappa shape index (κ1) is 9.66. The Kier molecular flexibility index (Phi) is 5.26. The van der Waals surface area contributed by atoms with Gasteiger partial charge in [0.1, 0.15) is 0 Å². The van der Waals surface area contributed by atoms with Crippen LogP contribution in [-0.4, -0.2) is 23.8 Å². The van der Waals surface area contributed by atoms with Crippen LogP contribution in [0.3, 0.4) is 0 Å². The summed E-state index contributed by atoms with van der Waals surface area (Å²) in [6, 6.07) is 0.177. The van der Waals surface area contributed by atoms with Crippen LogP contribution in [0, 0.1) is 0 Å². The van der Waals surface area contributed by atoms with Crippen LogP contribution in [0.15, 0.2) is 12.2 Å². The molecule has 2 nitrogen and oxygen atoms in total. The zero-order valence-corrected chi connectivity index (χ0v) is 6.96. The van der Waals surface area contributed by atoms with Crippen molar-refractivity contribution in [3.8, 4) is 0 Å². The van der Waals surface area contributed by atoms with Gasteiger partial charge in [-0.1, -0.05) is 12.2 Å². The maximum atomic E-state index is 9.03. The molecule has 0 spiro atoms. The normalized spacial score (nSPS) is 17.6. The number of aliphatic hydroxyl groups is 1. The quantitative estimate of drug-likeness (QED) is 0.574. The highest BCUT2D eigenvalue weighted by Crippen LogP contribution is 1.88. The molecule has 0 aromatic rings. The van der Waals surface area contributed by atoms with Gasteiger partial charge in [-0.25, -0.2) is 0 Å². The van der Waals surface area contributed by atoms with Crippen molar-refractivity contribution in [2.75, 3.05) is 6.54 Å². The summed E-state index contributed by atoms with van der Waals surface area (Å²) in [6.45, 7) is 6.57. The largest absolute Gasteiger partial charge is 0.392 e. The number of rotatable bonds is 4. The number of hydrogen-bond donors (Lipinski definition) is 2. The van der Waals surface area contributed by atoms with Gasteiger partial charge in [0, 0.05) is 12.6 Å². The van der Waals surface area contributed by atoms with Crippen molar-refractivity contribution in [2.45, 2.75) is 32.9 Å². The van der Waals surface area contributed by atoms with Crippen LogP contribution in [0.4, 0.5) is 0 Å². The van der Waals surface area contributed by atoms with Crippen molar-refractivity contribution in [3.63, 3.8) is 0 Å². The maximum Gasteiger partial charge on any atom is 0.0662 e. The minimum atomic E-state index is -0.273. The number of allylic oxidation sites excluding steroid dienone is 1. The predicted octanol–water partition coefficient (Wildman–Crippen LogP) is 0.921. The number of hydrogen-bond acceptors (Lipinski definition) is 2. The Morgan fingerprint density at radius 1 is 1.50 bits per heavy atom. The van der Waals surface area contributed by atoms with Gasteiger partial charge >= 0.3 is 0 Å². The minimum absolute atomic E-state index is 0.177. The van der Waals surface area contributed by atoms with Crippen LogP contribution in [0.5, 0.6) is 0 Å². The summed E-state index contributed by atoms with van der Waals surface area (Å²) in [7, 11) is 0. The average Bonchev–Trinajstić information content (AvgIpc) is 1.88. The second-order valence-electron chi connectivity index (χ2n) is 2.51. The highest BCUT2D eigenvalue weighted by molar-refractivity contribution is 4.81. The summed E-state index contributed by atoms with van der Waals surface area (Å²) < 4.78 is 0. The molecule has 0 aliphatic rings. The Labute approximate surface area is 62.9 Å². The van der Waals surface area contributed by atoms with E-state index in [0.717, 1.165) is 6.54 Å². The zero-order valence-electron chi connectivity index (χ0n) is 6.96. The summed E-state index contributed by atoms with van der Waals surface area (Å²) in [6.07, 6.45) is 3.74. The number of nitrogens with one attached hydrogen (secondary N) is 1. The topological polar surface area (TPSA) is 32.3 Å². The monoisotopic (exact) mass is 143 g/mol. The van der Waals surface area contributed by atoms with Gasteiger partial charge in [-0.3, -0.25) is 0 Å². The molecule has 0 bridgehead atoms. The summed E-state index contributed by atoms with van der Waals surface area (Å²) in [5.74, 6) is 0. The van der Waals surface area contributed by atoms with E-state index >= 15 is 0 Å². The standard InChI is InChI=1S/C8H17NO/c1-4-5-6-9-7(2)8(3)10/h4-5,7-10H,6H2,1-3H3/b5-4+. The third-order valence-electron chi connectivity index (χ3n) is 1.52. The molecule has 0 amide bonds. The van der Waals surface area contributed by atoms with E-state index < -0.39 is 0 Å². The summed E-state index contributed by atoms with van der Waals surface area (Å²) in [5.41, 5.74) is 0. The molecule has 0 saturated heterocycles. The summed E-state index contributed by atoms with van der Waals surface area (Å²) in [4.78, 5) is 0. The predicted molar refractivity (Wildman–Crippen MR) is 44.0 cm³/mol. The smallest absolute Gasteiger partial charge is 0.0662 e. The lowest BCUT2D eigenvalue weighted by atomic mass is 10.2. The van der Waals surface area contributed by atoms with Gasteiger partial charge in [0.25, 0.3) is 0 Å². The third kappa shape index (κ3) is 4.53. The van der Waals surface area contributed by atoms with Crippen LogP contribution in [0.25, 0.3) is 0 Å². The molecule has 0 heterocycles. The van der Waals surface area contributed by atoms with Crippen molar-refractivity contribution in [1.29, 1.82) is 0 Å². The van der Waals surface area contributed by atoms with Crippen molar-refractivity contribution < 1.29 is 5.11 Å². The molecule has 2 atom stereocenters. The molecule has 0 rings (SSSR count). The van der Waals surface area contributed by atoms with E-state index in [1.54, 1.807) is 6.92 Å². The molecule has 2 heteroatoms. The van der Waals surface area contributed by atoms with Crippen molar-refractivity contribution >= 4 is 0 Å². The summed E-state index contributed by atoms with van der Waals surface area (Å²) in [5, 5.41) is 12.2. The molecule has 2 N–H and O–H groups in total. The summed E-state index contributed by atoms with van der Waals surface area (Å²) >= 11 is 0. The van der Waals surface area contributed by atoms with Gasteiger partial charge in [0.15, 0.2) is 0 Å². The first-order valence-corrected chi connectivity index (χ1v) is 3.71. The minimum Gasteiger partial charge on any atom is -0.392 e. The van der Waals surface area contributed by atoms with Gasteiger partial charge in [0.2, 0.25) is 0 Å². The third-order valence-corrected chi connectivity index (χ3v) is 1.52. The van der Waals surface area contributed by atoms with E-state index in [9.17, 15) is 0 Å². The van der Waals surface area contributed by atoms with Crippen LogP contribution in [0.1, 0.15) is 20.8 Å². The second kappa shape index (κ2) is 5.45. The first-order chi connectivity index (χ1) is 4.68. The fourth-order valence-corrected chi connectivity index (χ4v) is 0.542. The highest BCUT2D eigenvalue weighted by atomic mass is 16.3. The van der Waals surface area contributed by atoms with E-state index in [4.69, 9.17) is 5.11 Å². The average molecular weight is 143 g/mol. The Morgan fingerprint density at radius 2 is 2.10 bits per heavy atom. The molecule has 0 aliphatic heterocycles. The van der Waals surface area contributed by atoms with Crippen LogP contribution in [-0.2, 0) is 0 Å². The Bertz CT molecular complexity index is 99.4. The molecule has 0 aromatic carbocycles. The Morgan fingerprint density at radius 3 is 2.50 bits per heavy atom. The van der Waals surface area contributed by atoms with E-state index in [-0.39, 0.29) is 12.1 Å². The Balaban J connectivity index is 3.30.